The van der Waals surface area contributed by atoms with E-state index in [0.29, 0.717) is 12.8 Å². The molecule has 0 aromatic rings. The van der Waals surface area contributed by atoms with Crippen LogP contribution in [-0.2, 0) is 9.53 Å². The topological polar surface area (TPSA) is 46.6 Å². The van der Waals surface area contributed by atoms with Gasteiger partial charge in [-0.1, -0.05) is 0 Å². The Kier molecular flexibility index (Phi) is 3.94. The first kappa shape index (κ1) is 14.5. The van der Waals surface area contributed by atoms with Gasteiger partial charge in [-0.25, -0.2) is 4.79 Å². The van der Waals surface area contributed by atoms with E-state index in [1.807, 2.05) is 0 Å². The maximum absolute atomic E-state index is 12.2. The van der Waals surface area contributed by atoms with E-state index in [-0.39, 0.29) is 3.79 Å². The molecular weight excluding hydrogens is 354 g/mol. The second-order valence-electron chi connectivity index (χ2n) is 3.93. The standard InChI is InChI=1S/C9H11F3INO3/c1-5(9(10,11)12)17-7(16)14(2)8(3-4-8)6(13)15/h5H,3-4H2,1-2H3/t5-/m1/s1. The van der Waals surface area contributed by atoms with Gasteiger partial charge in [-0.2, -0.15) is 13.2 Å². The van der Waals surface area contributed by atoms with Crippen LogP contribution in [0.3, 0.4) is 0 Å². The van der Waals surface area contributed by atoms with Crippen LogP contribution in [0.15, 0.2) is 0 Å². The minimum Gasteiger partial charge on any atom is -0.437 e. The first-order valence-corrected chi connectivity index (χ1v) is 5.90. The molecule has 0 aliphatic heterocycles. The smallest absolute Gasteiger partial charge is 0.425 e. The van der Waals surface area contributed by atoms with Crippen molar-refractivity contribution in [3.8, 4) is 0 Å². The Hall–Kier alpha value is -0.540. The monoisotopic (exact) mass is 365 g/mol. The predicted molar refractivity (Wildman–Crippen MR) is 60.8 cm³/mol. The van der Waals surface area contributed by atoms with Gasteiger partial charge >= 0.3 is 12.3 Å². The Morgan fingerprint density at radius 2 is 1.88 bits per heavy atom. The maximum atomic E-state index is 12.2. The molecule has 0 N–H and O–H groups in total. The number of amides is 1. The highest BCUT2D eigenvalue weighted by atomic mass is 127. The van der Waals surface area contributed by atoms with Crippen LogP contribution >= 0.6 is 22.6 Å². The van der Waals surface area contributed by atoms with Gasteiger partial charge in [-0.05, 0) is 19.8 Å². The van der Waals surface area contributed by atoms with Crippen LogP contribution in [-0.4, -0.2) is 39.6 Å². The lowest BCUT2D eigenvalue weighted by atomic mass is 10.3. The highest BCUT2D eigenvalue weighted by Gasteiger charge is 2.55. The summed E-state index contributed by atoms with van der Waals surface area (Å²) in [5, 5.41) is 0. The van der Waals surface area contributed by atoms with Gasteiger partial charge in [0.25, 0.3) is 0 Å². The highest BCUT2D eigenvalue weighted by Crippen LogP contribution is 2.44. The fourth-order valence-electron chi connectivity index (χ4n) is 1.25. The van der Waals surface area contributed by atoms with Crippen LogP contribution in [0.2, 0.25) is 0 Å². The molecule has 0 unspecified atom stereocenters. The molecule has 1 amide bonds. The summed E-state index contributed by atoms with van der Waals surface area (Å²) in [6.45, 7) is 0.747. The number of nitrogens with zero attached hydrogens (tertiary/aromatic N) is 1. The first-order chi connectivity index (χ1) is 7.61. The van der Waals surface area contributed by atoms with E-state index < -0.39 is 23.9 Å². The summed E-state index contributed by atoms with van der Waals surface area (Å²) in [5.41, 5.74) is -0.969. The zero-order valence-corrected chi connectivity index (χ0v) is 11.3. The van der Waals surface area contributed by atoms with Crippen LogP contribution in [0.25, 0.3) is 0 Å². The third-order valence-corrected chi connectivity index (χ3v) is 3.75. The molecule has 4 nitrogen and oxygen atoms in total. The summed E-state index contributed by atoms with van der Waals surface area (Å²) in [7, 11) is 1.27. The Morgan fingerprint density at radius 1 is 1.41 bits per heavy atom. The van der Waals surface area contributed by atoms with Crippen molar-refractivity contribution >= 4 is 32.5 Å². The van der Waals surface area contributed by atoms with Crippen molar-refractivity contribution in [2.24, 2.45) is 0 Å². The maximum Gasteiger partial charge on any atom is 0.425 e. The van der Waals surface area contributed by atoms with Crippen LogP contribution in [0, 0.1) is 0 Å². The minimum absolute atomic E-state index is 0.269. The third kappa shape index (κ3) is 3.02. The Labute approximate surface area is 110 Å². The second kappa shape index (κ2) is 4.62. The molecule has 1 atom stereocenters. The van der Waals surface area contributed by atoms with Crippen molar-refractivity contribution in [1.29, 1.82) is 0 Å². The minimum atomic E-state index is -4.60. The van der Waals surface area contributed by atoms with E-state index in [2.05, 4.69) is 4.74 Å². The molecule has 0 aromatic heterocycles. The van der Waals surface area contributed by atoms with E-state index in [0.717, 1.165) is 11.8 Å². The molecular formula is C9H11F3INO3. The molecule has 1 aliphatic carbocycles. The second-order valence-corrected chi connectivity index (χ2v) is 4.91. The third-order valence-electron chi connectivity index (χ3n) is 2.74. The van der Waals surface area contributed by atoms with Crippen molar-refractivity contribution in [1.82, 2.24) is 4.90 Å². The first-order valence-electron chi connectivity index (χ1n) is 4.82. The number of carbonyl (C=O) groups excluding carboxylic acids is 2. The van der Waals surface area contributed by atoms with Gasteiger partial charge in [-0.15, -0.1) is 0 Å². The molecule has 0 radical (unpaired) electrons. The molecule has 1 rings (SSSR count). The summed E-state index contributed by atoms with van der Waals surface area (Å²) in [5.74, 6) is 0. The number of alkyl halides is 3. The van der Waals surface area contributed by atoms with Gasteiger partial charge in [0.05, 0.1) is 0 Å². The van der Waals surface area contributed by atoms with Crippen LogP contribution in [0.1, 0.15) is 19.8 Å². The summed E-state index contributed by atoms with van der Waals surface area (Å²) >= 11 is 1.54. The summed E-state index contributed by atoms with van der Waals surface area (Å²) in [6.07, 6.45) is -6.99. The van der Waals surface area contributed by atoms with Crippen LogP contribution < -0.4 is 0 Å². The highest BCUT2D eigenvalue weighted by molar-refractivity contribution is 14.1. The average molecular weight is 365 g/mol. The molecule has 0 spiro atoms. The summed E-state index contributed by atoms with van der Waals surface area (Å²) < 4.78 is 40.5. The average Bonchev–Trinajstić information content (AvgIpc) is 2.95. The van der Waals surface area contributed by atoms with E-state index in [9.17, 15) is 22.8 Å². The van der Waals surface area contributed by atoms with E-state index in [4.69, 9.17) is 0 Å². The normalized spacial score (nSPS) is 19.4. The number of ether oxygens (including phenoxy) is 1. The van der Waals surface area contributed by atoms with Gasteiger partial charge in [0, 0.05) is 29.6 Å². The molecule has 8 heteroatoms. The lowest BCUT2D eigenvalue weighted by molar-refractivity contribution is -0.199. The SMILES string of the molecule is C[C@@H](OC(=O)N(C)C1(C(=O)I)CC1)C(F)(F)F. The number of hydrogen-bond acceptors (Lipinski definition) is 3. The van der Waals surface area contributed by atoms with Gasteiger partial charge < -0.3 is 4.74 Å². The predicted octanol–water partition coefficient (Wildman–Crippen LogP) is 2.50. The molecule has 17 heavy (non-hydrogen) atoms. The van der Waals surface area contributed by atoms with Crippen molar-refractivity contribution in [2.45, 2.75) is 37.6 Å². The molecule has 0 saturated heterocycles. The molecule has 1 aliphatic rings. The molecule has 0 bridgehead atoms. The molecule has 98 valence electrons. The Bertz CT molecular complexity index is 341. The van der Waals surface area contributed by atoms with Gasteiger partial charge in [0.2, 0.25) is 3.79 Å². The van der Waals surface area contributed by atoms with Gasteiger partial charge in [-0.3, -0.25) is 9.69 Å². The molecule has 0 heterocycles. The number of likely N-dealkylation sites (N-methyl/N-ethyl adjacent to an activating group) is 1. The van der Waals surface area contributed by atoms with E-state index >= 15 is 0 Å². The van der Waals surface area contributed by atoms with Crippen LogP contribution in [0.5, 0.6) is 0 Å². The number of carbonyl (C=O) groups is 2. The fourth-order valence-corrected chi connectivity index (χ4v) is 2.16. The number of halogens is 4. The quantitative estimate of drug-likeness (QED) is 0.571. The van der Waals surface area contributed by atoms with Crippen molar-refractivity contribution < 1.29 is 27.5 Å². The van der Waals surface area contributed by atoms with E-state index in [1.165, 1.54) is 29.6 Å². The molecule has 0 aromatic carbocycles. The van der Waals surface area contributed by atoms with E-state index in [1.54, 1.807) is 0 Å². The lowest BCUT2D eigenvalue weighted by Gasteiger charge is -2.26. The Morgan fingerprint density at radius 3 is 2.18 bits per heavy atom. The van der Waals surface area contributed by atoms with Crippen molar-refractivity contribution in [2.75, 3.05) is 7.05 Å². The largest absolute Gasteiger partial charge is 0.437 e. The summed E-state index contributed by atoms with van der Waals surface area (Å²) in [6, 6.07) is 0. The molecule has 1 saturated carbocycles. The van der Waals surface area contributed by atoms with Gasteiger partial charge in [0.15, 0.2) is 6.10 Å². The zero-order chi connectivity index (χ0) is 13.4. The van der Waals surface area contributed by atoms with Crippen molar-refractivity contribution in [3.63, 3.8) is 0 Å². The number of hydrogen-bond donors (Lipinski definition) is 0. The lowest BCUT2D eigenvalue weighted by Crippen LogP contribution is -2.45. The zero-order valence-electron chi connectivity index (χ0n) is 9.18. The molecule has 1 fully saturated rings. The van der Waals surface area contributed by atoms with Gasteiger partial charge in [0.1, 0.15) is 5.54 Å². The Balaban J connectivity index is 2.63. The van der Waals surface area contributed by atoms with Crippen molar-refractivity contribution in [3.05, 3.63) is 0 Å². The fraction of sp³-hybridized carbons (Fsp3) is 0.778. The van der Waals surface area contributed by atoms with Crippen LogP contribution in [0.4, 0.5) is 18.0 Å². The summed E-state index contributed by atoms with van der Waals surface area (Å²) in [4.78, 5) is 23.7. The number of rotatable bonds is 3.